The first-order valence-corrected chi connectivity index (χ1v) is 22.5. The van der Waals surface area contributed by atoms with Crippen molar-refractivity contribution in [3.8, 4) is 5.75 Å². The molecule has 16 heteroatoms. The van der Waals surface area contributed by atoms with Crippen molar-refractivity contribution in [1.29, 1.82) is 0 Å². The van der Waals surface area contributed by atoms with Crippen molar-refractivity contribution in [2.45, 2.75) is 72.3 Å². The Morgan fingerprint density at radius 2 is 1.73 bits per heavy atom. The molecule has 1 fully saturated rings. The highest BCUT2D eigenvalue weighted by atomic mass is 35.5. The number of aryl methyl sites for hydroxylation is 1. The number of benzene rings is 3. The quantitative estimate of drug-likeness (QED) is 0.0499. The van der Waals surface area contributed by atoms with E-state index >= 15 is 0 Å². The number of likely N-dealkylation sites (N-methyl/N-ethyl adjacent to an activating group) is 3. The second kappa shape index (κ2) is 22.9. The molecule has 1 saturated carbocycles. The summed E-state index contributed by atoms with van der Waals surface area (Å²) in [6.07, 6.45) is 9.54. The number of aldehydes is 3. The summed E-state index contributed by atoms with van der Waals surface area (Å²) in [4.78, 5) is 68.6. The first kappa shape index (κ1) is 50.5. The molecule has 0 radical (unpaired) electrons. The maximum absolute atomic E-state index is 11.9. The van der Waals surface area contributed by atoms with Crippen molar-refractivity contribution < 1.29 is 33.5 Å². The summed E-state index contributed by atoms with van der Waals surface area (Å²) in [7, 11) is 3.43. The third-order valence-electron chi connectivity index (χ3n) is 11.3. The summed E-state index contributed by atoms with van der Waals surface area (Å²) in [6, 6.07) is 11.9. The maximum Gasteiger partial charge on any atom is 0.391 e. The van der Waals surface area contributed by atoms with Crippen molar-refractivity contribution in [2.75, 3.05) is 68.2 Å². The molecule has 2 aliphatic heterocycles. The third kappa shape index (κ3) is 12.0. The monoisotopic (exact) mass is 888 g/mol. The Hall–Kier alpha value is -3.81. The van der Waals surface area contributed by atoms with Crippen LogP contribution in [0.1, 0.15) is 69.6 Å². The molecule has 0 saturated heterocycles. The summed E-state index contributed by atoms with van der Waals surface area (Å²) in [5.41, 5.74) is 12.5. The van der Waals surface area contributed by atoms with E-state index in [9.17, 15) is 19.2 Å². The van der Waals surface area contributed by atoms with Crippen molar-refractivity contribution >= 4 is 95.3 Å². The summed E-state index contributed by atoms with van der Waals surface area (Å²) < 4.78 is 5.17. The molecule has 13 nitrogen and oxygen atoms in total. The molecule has 2 atom stereocenters. The number of fused-ring (bicyclic) bond motifs is 6. The molecule has 0 bridgehead atoms. The second-order valence-corrected chi connectivity index (χ2v) is 17.2. The van der Waals surface area contributed by atoms with Crippen LogP contribution in [0.4, 0.5) is 17.1 Å². The van der Waals surface area contributed by atoms with Gasteiger partial charge in [0.2, 0.25) is 5.91 Å². The fourth-order valence-electron chi connectivity index (χ4n) is 8.10. The minimum absolute atomic E-state index is 0.0155. The molecule has 1 aliphatic carbocycles. The van der Waals surface area contributed by atoms with Crippen molar-refractivity contribution in [3.63, 3.8) is 0 Å². The minimum Gasteiger partial charge on any atom is -0.425 e. The lowest BCUT2D eigenvalue weighted by molar-refractivity contribution is -0.138. The number of hydrogen-bond acceptors (Lipinski definition) is 11. The third-order valence-corrected chi connectivity index (χ3v) is 12.1. The van der Waals surface area contributed by atoms with Gasteiger partial charge in [-0.2, -0.15) is 0 Å². The Morgan fingerprint density at radius 1 is 1.08 bits per heavy atom. The van der Waals surface area contributed by atoms with Gasteiger partial charge in [-0.3, -0.25) is 4.79 Å². The lowest BCUT2D eigenvalue weighted by Gasteiger charge is -2.48. The molecule has 330 valence electrons. The van der Waals surface area contributed by atoms with Gasteiger partial charge in [-0.25, -0.2) is 0 Å². The molecule has 3 aliphatic rings. The predicted octanol–water partition coefficient (Wildman–Crippen LogP) is 7.43. The summed E-state index contributed by atoms with van der Waals surface area (Å²) in [6.45, 7) is 12.0. The number of nitrogens with zero attached hydrogens (tertiary/aromatic N) is 2. The van der Waals surface area contributed by atoms with Crippen LogP contribution in [-0.2, 0) is 25.6 Å². The summed E-state index contributed by atoms with van der Waals surface area (Å²) in [5.74, 6) is 1.55. The molecule has 3 heterocycles. The highest BCUT2D eigenvalue weighted by Gasteiger charge is 2.50. The number of amides is 1. The van der Waals surface area contributed by atoms with Gasteiger partial charge in [0.25, 0.3) is 0 Å². The van der Waals surface area contributed by atoms with Crippen LogP contribution >= 0.6 is 31.8 Å². The Balaban J connectivity index is 0.000000226. The van der Waals surface area contributed by atoms with Gasteiger partial charge in [-0.1, -0.05) is 52.0 Å². The number of carbonyl (C=O) groups is 4. The predicted molar refractivity (Wildman–Crippen MR) is 248 cm³/mol. The lowest BCUT2D eigenvalue weighted by atomic mass is 9.54. The van der Waals surface area contributed by atoms with E-state index in [0.717, 1.165) is 90.9 Å². The van der Waals surface area contributed by atoms with Crippen molar-refractivity contribution in [1.82, 2.24) is 10.3 Å². The highest BCUT2D eigenvalue weighted by Crippen LogP contribution is 2.53. The van der Waals surface area contributed by atoms with Crippen LogP contribution in [0.5, 0.6) is 5.75 Å². The van der Waals surface area contributed by atoms with E-state index in [2.05, 4.69) is 68.3 Å². The van der Waals surface area contributed by atoms with Crippen molar-refractivity contribution in [2.24, 2.45) is 22.5 Å². The largest absolute Gasteiger partial charge is 0.425 e. The average Bonchev–Trinajstić information content (AvgIpc) is 3.91. The lowest BCUT2D eigenvalue weighted by Crippen LogP contribution is -2.46. The van der Waals surface area contributed by atoms with E-state index in [1.807, 2.05) is 60.0 Å². The van der Waals surface area contributed by atoms with Gasteiger partial charge in [0, 0.05) is 90.6 Å². The smallest absolute Gasteiger partial charge is 0.391 e. The van der Waals surface area contributed by atoms with Crippen LogP contribution in [0.2, 0.25) is 0 Å². The highest BCUT2D eigenvalue weighted by molar-refractivity contribution is 7.39. The first-order valence-electron chi connectivity index (χ1n) is 20.0. The molecule has 1 aromatic heterocycles. The van der Waals surface area contributed by atoms with Gasteiger partial charge in [0.15, 0.2) is 5.75 Å². The Morgan fingerprint density at radius 3 is 2.25 bits per heavy atom. The fourth-order valence-corrected chi connectivity index (χ4v) is 8.67. The summed E-state index contributed by atoms with van der Waals surface area (Å²) >= 11 is 10.7. The van der Waals surface area contributed by atoms with E-state index in [4.69, 9.17) is 31.6 Å². The van der Waals surface area contributed by atoms with Gasteiger partial charge in [0.05, 0.1) is 23.8 Å². The van der Waals surface area contributed by atoms with E-state index in [0.29, 0.717) is 18.2 Å². The number of nitrogens with two attached hydrogens (primary N) is 1. The van der Waals surface area contributed by atoms with Crippen LogP contribution in [0.15, 0.2) is 42.6 Å². The molecular weight excluding hydrogens is 826 g/mol. The standard InChI is InChI=1S/C16H19N3O.C13H16ClN2O3P.C9H14O2.C5H11NO.CH3Cl/c1-17-10-16(20)18-14-9-15-13(7-8-19(15)2)11-5-3-4-6-12(11)14;1-7-5-15-13-10(19-20(17)18)3-9-12(11(7)13)8(4-14)6-16(9)2;1-3-9(7-11)4-8(2,5-9)6-10;1-4(2)5(6)3-7;1-2/h3-6,9,17H,7-8,10H2,1-2H3,(H,18,20);3,5,8,15,17-18H,4,6H2,1-2H3;6-7H,3-5H2,1-2H3;3-5H,6H2,1-2H3;1H3/t;8-;;5-;/m.1.1./s1. The minimum atomic E-state index is -2.44. The van der Waals surface area contributed by atoms with E-state index in [-0.39, 0.29) is 34.6 Å². The number of alkyl halides is 2. The SMILES string of the molecule is CC(C)[C@H](N)C=O.CCC1(C=O)CC(C)(C=O)C1.CCl.CNCC(=O)Nc1cc2c(c3ccccc13)CCN2C.Cc1c[nH]c2c(OP(O)O)cc3c(c12)[C@H](CCl)CN3C. The molecule has 7 N–H and O–H groups in total. The molecule has 0 spiro atoms. The molecule has 3 aromatic carbocycles. The van der Waals surface area contributed by atoms with Crippen LogP contribution in [0.3, 0.4) is 0 Å². The topological polar surface area (TPSA) is 190 Å². The first-order chi connectivity index (χ1) is 28.5. The van der Waals surface area contributed by atoms with Gasteiger partial charge in [0.1, 0.15) is 18.9 Å². The maximum atomic E-state index is 11.9. The van der Waals surface area contributed by atoms with Gasteiger partial charge in [-0.15, -0.1) is 23.2 Å². The van der Waals surface area contributed by atoms with Gasteiger partial charge >= 0.3 is 8.60 Å². The number of rotatable bonds is 11. The van der Waals surface area contributed by atoms with Crippen LogP contribution in [-0.4, -0.2) is 98.6 Å². The zero-order chi connectivity index (χ0) is 44.9. The van der Waals surface area contributed by atoms with Crippen LogP contribution in [0, 0.1) is 23.7 Å². The molecule has 60 heavy (non-hydrogen) atoms. The number of hydrogen-bond donors (Lipinski definition) is 6. The number of aromatic nitrogens is 1. The number of H-pyrrole nitrogens is 1. The number of halogens is 2. The number of nitrogens with one attached hydrogen (secondary N) is 3. The van der Waals surface area contributed by atoms with Crippen LogP contribution < -0.4 is 30.7 Å². The molecule has 7 rings (SSSR count). The molecule has 1 amide bonds. The summed E-state index contributed by atoms with van der Waals surface area (Å²) in [5, 5.41) is 9.32. The fraction of sp³-hybridized carbons (Fsp3) is 0.500. The van der Waals surface area contributed by atoms with E-state index in [1.54, 1.807) is 7.05 Å². The normalized spacial score (nSPS) is 20.2. The van der Waals surface area contributed by atoms with Gasteiger partial charge in [-0.05, 0) is 73.7 Å². The van der Waals surface area contributed by atoms with Gasteiger partial charge < -0.3 is 59.8 Å². The Kier molecular flexibility index (Phi) is 19.3. The van der Waals surface area contributed by atoms with E-state index in [1.165, 1.54) is 28.6 Å². The average molecular weight is 890 g/mol. The number of aromatic amines is 1. The number of carbonyl (C=O) groups excluding carboxylic acids is 4. The number of anilines is 3. The zero-order valence-corrected chi connectivity index (χ0v) is 38.7. The second-order valence-electron chi connectivity index (χ2n) is 16.2. The van der Waals surface area contributed by atoms with Crippen LogP contribution in [0.25, 0.3) is 21.7 Å². The molecule has 4 aromatic rings. The molecular formula is C44H63Cl2N6O7P. The molecule has 0 unspecified atom stereocenters. The Bertz CT molecular complexity index is 2070. The van der Waals surface area contributed by atoms with E-state index < -0.39 is 8.60 Å². The zero-order valence-electron chi connectivity index (χ0n) is 36.3. The Labute approximate surface area is 365 Å². The van der Waals surface area contributed by atoms with Crippen molar-refractivity contribution in [3.05, 3.63) is 59.3 Å².